The first-order chi connectivity index (χ1) is 12.6. The third kappa shape index (κ3) is 5.30. The van der Waals surface area contributed by atoms with Gasteiger partial charge in [-0.15, -0.1) is 11.3 Å². The van der Waals surface area contributed by atoms with Gasteiger partial charge in [0.15, 0.2) is 4.34 Å². The molecule has 0 atom stereocenters. The van der Waals surface area contributed by atoms with Crippen molar-refractivity contribution in [3.63, 3.8) is 0 Å². The highest BCUT2D eigenvalue weighted by Gasteiger charge is 2.16. The smallest absolute Gasteiger partial charge is 0.233 e. The molecule has 136 valence electrons. The molecule has 0 N–H and O–H groups in total. The molecule has 0 unspecified atom stereocenters. The van der Waals surface area contributed by atoms with Crippen LogP contribution in [0.5, 0.6) is 0 Å². The summed E-state index contributed by atoms with van der Waals surface area (Å²) >= 11 is 3.18. The second-order valence-electron chi connectivity index (χ2n) is 6.34. The average molecular weight is 386 g/mol. The number of rotatable bonds is 8. The maximum absolute atomic E-state index is 12.8. The van der Waals surface area contributed by atoms with Crippen LogP contribution < -0.4 is 0 Å². The molecule has 6 heteroatoms. The first-order valence-electron chi connectivity index (χ1n) is 8.56. The van der Waals surface area contributed by atoms with Crippen LogP contribution in [0, 0.1) is 0 Å². The van der Waals surface area contributed by atoms with E-state index in [-0.39, 0.29) is 5.91 Å². The second-order valence-corrected chi connectivity index (χ2v) is 8.59. The molecule has 1 amide bonds. The second kappa shape index (κ2) is 9.16. The van der Waals surface area contributed by atoms with Crippen molar-refractivity contribution in [2.45, 2.75) is 10.9 Å². The van der Waals surface area contributed by atoms with E-state index in [9.17, 15) is 4.79 Å². The van der Waals surface area contributed by atoms with E-state index in [4.69, 9.17) is 0 Å². The number of amides is 1. The van der Waals surface area contributed by atoms with Gasteiger partial charge in [-0.1, -0.05) is 54.2 Å². The molecule has 0 aliphatic rings. The standard InChI is InChI=1S/C20H23N3OS2/c1-22(2)12-13-23(14-16-8-4-3-5-9-16)19(24)15-25-20-21-17-10-6-7-11-18(17)26-20/h3-11H,12-15H2,1-2H3. The summed E-state index contributed by atoms with van der Waals surface area (Å²) in [6, 6.07) is 18.2. The first kappa shape index (κ1) is 18.9. The summed E-state index contributed by atoms with van der Waals surface area (Å²) in [6.45, 7) is 2.22. The Morgan fingerprint density at radius 3 is 2.50 bits per heavy atom. The summed E-state index contributed by atoms with van der Waals surface area (Å²) in [5, 5.41) is 0. The zero-order valence-corrected chi connectivity index (χ0v) is 16.7. The van der Waals surface area contributed by atoms with Crippen LogP contribution >= 0.6 is 23.1 Å². The topological polar surface area (TPSA) is 36.4 Å². The lowest BCUT2D eigenvalue weighted by Gasteiger charge is -2.24. The number of hydrogen-bond donors (Lipinski definition) is 0. The Balaban J connectivity index is 1.63. The normalized spacial score (nSPS) is 11.2. The molecule has 2 aromatic carbocycles. The van der Waals surface area contributed by atoms with E-state index in [1.807, 2.05) is 55.4 Å². The number of para-hydroxylation sites is 1. The van der Waals surface area contributed by atoms with Gasteiger partial charge in [0.05, 0.1) is 16.0 Å². The van der Waals surface area contributed by atoms with Crippen LogP contribution in [0.3, 0.4) is 0 Å². The number of nitrogens with zero attached hydrogens (tertiary/aromatic N) is 3. The molecule has 26 heavy (non-hydrogen) atoms. The van der Waals surface area contributed by atoms with Crippen molar-refractivity contribution in [1.82, 2.24) is 14.8 Å². The molecule has 1 aromatic heterocycles. The third-order valence-electron chi connectivity index (χ3n) is 3.98. The molecule has 3 aromatic rings. The van der Waals surface area contributed by atoms with Crippen molar-refractivity contribution in [2.24, 2.45) is 0 Å². The molecular formula is C20H23N3OS2. The molecule has 4 nitrogen and oxygen atoms in total. The highest BCUT2D eigenvalue weighted by atomic mass is 32.2. The number of fused-ring (bicyclic) bond motifs is 1. The molecule has 3 rings (SSSR count). The SMILES string of the molecule is CN(C)CCN(Cc1ccccc1)C(=O)CSc1nc2ccccc2s1. The van der Waals surface area contributed by atoms with Crippen molar-refractivity contribution in [2.75, 3.05) is 32.9 Å². The monoisotopic (exact) mass is 385 g/mol. The Hall–Kier alpha value is -1.89. The fourth-order valence-electron chi connectivity index (χ4n) is 2.54. The van der Waals surface area contributed by atoms with Crippen molar-refractivity contribution in [3.8, 4) is 0 Å². The number of carbonyl (C=O) groups is 1. The molecule has 1 heterocycles. The van der Waals surface area contributed by atoms with Crippen molar-refractivity contribution in [1.29, 1.82) is 0 Å². The molecule has 0 saturated carbocycles. The molecule has 0 aliphatic carbocycles. The van der Waals surface area contributed by atoms with Gasteiger partial charge in [-0.2, -0.15) is 0 Å². The van der Waals surface area contributed by atoms with E-state index < -0.39 is 0 Å². The third-order valence-corrected chi connectivity index (χ3v) is 6.14. The highest BCUT2D eigenvalue weighted by molar-refractivity contribution is 8.01. The van der Waals surface area contributed by atoms with E-state index in [0.29, 0.717) is 12.3 Å². The Morgan fingerprint density at radius 1 is 1.04 bits per heavy atom. The lowest BCUT2D eigenvalue weighted by Crippen LogP contribution is -2.37. The molecule has 0 radical (unpaired) electrons. The minimum atomic E-state index is 0.153. The Morgan fingerprint density at radius 2 is 1.77 bits per heavy atom. The molecule has 0 saturated heterocycles. The molecule has 0 spiro atoms. The lowest BCUT2D eigenvalue weighted by atomic mass is 10.2. The summed E-state index contributed by atoms with van der Waals surface area (Å²) in [5.74, 6) is 0.569. The Bertz CT molecular complexity index is 815. The predicted molar refractivity (Wildman–Crippen MR) is 111 cm³/mol. The van der Waals surface area contributed by atoms with Crippen LogP contribution in [0.2, 0.25) is 0 Å². The van der Waals surface area contributed by atoms with E-state index in [1.165, 1.54) is 11.8 Å². The van der Waals surface area contributed by atoms with Gasteiger partial charge in [0.1, 0.15) is 0 Å². The van der Waals surface area contributed by atoms with E-state index >= 15 is 0 Å². The lowest BCUT2D eigenvalue weighted by molar-refractivity contribution is -0.129. The maximum atomic E-state index is 12.8. The van der Waals surface area contributed by atoms with Gasteiger partial charge in [-0.25, -0.2) is 4.98 Å². The number of likely N-dealkylation sites (N-methyl/N-ethyl adjacent to an activating group) is 1. The van der Waals surface area contributed by atoms with Crippen molar-refractivity contribution < 1.29 is 4.79 Å². The summed E-state index contributed by atoms with van der Waals surface area (Å²) in [7, 11) is 4.06. The highest BCUT2D eigenvalue weighted by Crippen LogP contribution is 2.29. The average Bonchev–Trinajstić information content (AvgIpc) is 3.07. The predicted octanol–water partition coefficient (Wildman–Crippen LogP) is 3.98. The minimum absolute atomic E-state index is 0.153. The summed E-state index contributed by atoms with van der Waals surface area (Å²) in [5.41, 5.74) is 2.16. The first-order valence-corrected chi connectivity index (χ1v) is 10.4. The molecule has 0 aliphatic heterocycles. The number of hydrogen-bond acceptors (Lipinski definition) is 5. The fourth-order valence-corrected chi connectivity index (χ4v) is 4.52. The van der Waals surface area contributed by atoms with Gasteiger partial charge < -0.3 is 9.80 Å². The van der Waals surface area contributed by atoms with Gasteiger partial charge in [-0.05, 0) is 31.8 Å². The summed E-state index contributed by atoms with van der Waals surface area (Å²) < 4.78 is 2.11. The summed E-state index contributed by atoms with van der Waals surface area (Å²) in [4.78, 5) is 21.5. The number of carbonyl (C=O) groups excluding carboxylic acids is 1. The molecular weight excluding hydrogens is 362 g/mol. The fraction of sp³-hybridized carbons (Fsp3) is 0.300. The van der Waals surface area contributed by atoms with Crippen LogP contribution in [-0.2, 0) is 11.3 Å². The van der Waals surface area contributed by atoms with Gasteiger partial charge >= 0.3 is 0 Å². The quantitative estimate of drug-likeness (QED) is 0.550. The van der Waals surface area contributed by atoms with Crippen LogP contribution in [0.25, 0.3) is 10.2 Å². The maximum Gasteiger partial charge on any atom is 0.233 e. The van der Waals surface area contributed by atoms with Gasteiger partial charge in [-0.3, -0.25) is 4.79 Å². The Kier molecular flexibility index (Phi) is 6.66. The zero-order valence-electron chi connectivity index (χ0n) is 15.1. The number of aromatic nitrogens is 1. The van der Waals surface area contributed by atoms with Crippen LogP contribution in [0.1, 0.15) is 5.56 Å². The van der Waals surface area contributed by atoms with Crippen LogP contribution in [-0.4, -0.2) is 53.6 Å². The van der Waals surface area contributed by atoms with Crippen LogP contribution in [0.4, 0.5) is 0 Å². The molecule has 0 fully saturated rings. The number of thiazole rings is 1. The van der Waals surface area contributed by atoms with Crippen molar-refractivity contribution in [3.05, 3.63) is 60.2 Å². The number of benzene rings is 2. The number of thioether (sulfide) groups is 1. The van der Waals surface area contributed by atoms with Crippen molar-refractivity contribution >= 4 is 39.2 Å². The van der Waals surface area contributed by atoms with E-state index in [1.54, 1.807) is 11.3 Å². The zero-order chi connectivity index (χ0) is 18.4. The van der Waals surface area contributed by atoms with Gasteiger partial charge in [0, 0.05) is 19.6 Å². The van der Waals surface area contributed by atoms with Gasteiger partial charge in [0.2, 0.25) is 5.91 Å². The minimum Gasteiger partial charge on any atom is -0.336 e. The summed E-state index contributed by atoms with van der Waals surface area (Å²) in [6.07, 6.45) is 0. The van der Waals surface area contributed by atoms with E-state index in [2.05, 4.69) is 28.1 Å². The molecule has 0 bridgehead atoms. The largest absolute Gasteiger partial charge is 0.336 e. The van der Waals surface area contributed by atoms with E-state index in [0.717, 1.165) is 33.2 Å². The Labute approximate surface area is 162 Å². The van der Waals surface area contributed by atoms with Crippen LogP contribution in [0.15, 0.2) is 58.9 Å². The van der Waals surface area contributed by atoms with Gasteiger partial charge in [0.25, 0.3) is 0 Å².